The average molecular weight is 384 g/mol. The predicted octanol–water partition coefficient (Wildman–Crippen LogP) is 1.26. The first-order valence-electron chi connectivity index (χ1n) is 10.2. The zero-order valence-corrected chi connectivity index (χ0v) is 16.5. The molecule has 2 aliphatic rings. The lowest BCUT2D eigenvalue weighted by Crippen LogP contribution is -2.39. The Balaban J connectivity index is 1.36. The Labute approximate surface area is 165 Å². The van der Waals surface area contributed by atoms with Gasteiger partial charge in [-0.1, -0.05) is 24.3 Å². The number of hydrogen-bond acceptors (Lipinski definition) is 6. The molecule has 1 saturated heterocycles. The molecule has 1 unspecified atom stereocenters. The summed E-state index contributed by atoms with van der Waals surface area (Å²) < 4.78 is 7.32. The smallest absolute Gasteiger partial charge is 0.244 e. The van der Waals surface area contributed by atoms with E-state index in [0.29, 0.717) is 19.6 Å². The summed E-state index contributed by atoms with van der Waals surface area (Å²) in [6.07, 6.45) is 3.29. The number of hydrogen-bond donors (Lipinski definition) is 0. The molecular formula is C20H28N6O2. The molecule has 2 aromatic rings. The molecule has 8 nitrogen and oxygen atoms in total. The first kappa shape index (κ1) is 19.0. The first-order valence-corrected chi connectivity index (χ1v) is 10.2. The molecule has 0 radical (unpaired) electrons. The second kappa shape index (κ2) is 8.79. The van der Waals surface area contributed by atoms with Gasteiger partial charge in [-0.2, -0.15) is 0 Å². The fourth-order valence-corrected chi connectivity index (χ4v) is 4.02. The molecule has 3 heterocycles. The summed E-state index contributed by atoms with van der Waals surface area (Å²) in [5, 5.41) is 12.1. The van der Waals surface area contributed by atoms with Gasteiger partial charge in [-0.3, -0.25) is 9.69 Å². The lowest BCUT2D eigenvalue weighted by molar-refractivity contribution is -0.133. The van der Waals surface area contributed by atoms with Gasteiger partial charge in [0, 0.05) is 32.8 Å². The van der Waals surface area contributed by atoms with Gasteiger partial charge in [-0.05, 0) is 47.7 Å². The molecule has 8 heteroatoms. The number of likely N-dealkylation sites (N-methyl/N-ethyl adjacent to an activating group) is 1. The number of rotatable bonds is 7. The van der Waals surface area contributed by atoms with Crippen molar-refractivity contribution < 1.29 is 9.53 Å². The van der Waals surface area contributed by atoms with Crippen molar-refractivity contribution >= 4 is 5.91 Å². The van der Waals surface area contributed by atoms with Crippen LogP contribution in [0.4, 0.5) is 0 Å². The molecule has 1 aromatic heterocycles. The second-order valence-electron chi connectivity index (χ2n) is 7.55. The van der Waals surface area contributed by atoms with Gasteiger partial charge in [0.15, 0.2) is 5.82 Å². The number of fused-ring (bicyclic) bond motifs is 1. The maximum absolute atomic E-state index is 12.8. The third-order valence-electron chi connectivity index (χ3n) is 5.65. The fourth-order valence-electron chi connectivity index (χ4n) is 4.02. The summed E-state index contributed by atoms with van der Waals surface area (Å²) >= 11 is 0. The Morgan fingerprint density at radius 2 is 2.18 bits per heavy atom. The Kier molecular flexibility index (Phi) is 5.97. The molecule has 1 atom stereocenters. The van der Waals surface area contributed by atoms with Gasteiger partial charge >= 0.3 is 0 Å². The van der Waals surface area contributed by atoms with E-state index in [4.69, 9.17) is 4.74 Å². The molecule has 1 aromatic carbocycles. The molecule has 2 aliphatic heterocycles. The predicted molar refractivity (Wildman–Crippen MR) is 103 cm³/mol. The van der Waals surface area contributed by atoms with E-state index in [1.807, 2.05) is 11.8 Å². The number of benzene rings is 1. The molecule has 1 fully saturated rings. The quantitative estimate of drug-likeness (QED) is 0.715. The highest BCUT2D eigenvalue weighted by Gasteiger charge is 2.24. The van der Waals surface area contributed by atoms with E-state index in [9.17, 15) is 4.79 Å². The number of carbonyl (C=O) groups excluding carboxylic acids is 1. The fraction of sp³-hybridized carbons (Fsp3) is 0.600. The minimum absolute atomic E-state index is 0.0375. The maximum atomic E-state index is 12.8. The van der Waals surface area contributed by atoms with Crippen molar-refractivity contribution in [3.63, 3.8) is 0 Å². The third-order valence-corrected chi connectivity index (χ3v) is 5.65. The number of tetrazole rings is 1. The Bertz CT molecular complexity index is 801. The minimum atomic E-state index is 0.0375. The number of carbonyl (C=O) groups is 1. The van der Waals surface area contributed by atoms with Crippen LogP contribution in [0.1, 0.15) is 36.7 Å². The summed E-state index contributed by atoms with van der Waals surface area (Å²) in [6.45, 7) is 6.79. The topological polar surface area (TPSA) is 76.4 Å². The van der Waals surface area contributed by atoms with Crippen LogP contribution in [-0.4, -0.2) is 68.3 Å². The average Bonchev–Trinajstić information content (AvgIpc) is 3.38. The van der Waals surface area contributed by atoms with Gasteiger partial charge < -0.3 is 9.64 Å². The van der Waals surface area contributed by atoms with Crippen LogP contribution in [0, 0.1) is 0 Å². The molecular weight excluding hydrogens is 356 g/mol. The monoisotopic (exact) mass is 384 g/mol. The lowest BCUT2D eigenvalue weighted by atomic mass is 10.00. The first-order chi connectivity index (χ1) is 13.7. The third kappa shape index (κ3) is 4.39. The van der Waals surface area contributed by atoms with Crippen LogP contribution in [0.3, 0.4) is 0 Å². The van der Waals surface area contributed by atoms with Crippen molar-refractivity contribution in [3.8, 4) is 0 Å². The summed E-state index contributed by atoms with van der Waals surface area (Å²) in [5.74, 6) is 0.774. The van der Waals surface area contributed by atoms with E-state index >= 15 is 0 Å². The van der Waals surface area contributed by atoms with Crippen molar-refractivity contribution in [1.29, 1.82) is 0 Å². The minimum Gasteiger partial charge on any atom is -0.376 e. The number of ether oxygens (including phenoxy) is 1. The molecule has 1 amide bonds. The van der Waals surface area contributed by atoms with Gasteiger partial charge in [-0.15, -0.1) is 5.10 Å². The molecule has 0 bridgehead atoms. The van der Waals surface area contributed by atoms with Crippen LogP contribution in [0.15, 0.2) is 24.3 Å². The van der Waals surface area contributed by atoms with Gasteiger partial charge in [0.2, 0.25) is 5.91 Å². The van der Waals surface area contributed by atoms with Crippen molar-refractivity contribution in [2.45, 2.75) is 51.9 Å². The zero-order valence-electron chi connectivity index (χ0n) is 16.5. The zero-order chi connectivity index (χ0) is 19.3. The molecule has 4 rings (SSSR count). The standard InChI is InChI=1S/C20H28N6O2/c1-2-25(13-18-8-5-11-28-18)20(27)15-26-19(21-22-23-26)14-24-10-9-16-6-3-4-7-17(16)12-24/h3-4,6-7,18H,2,5,8-15H2,1H3. The van der Waals surface area contributed by atoms with Gasteiger partial charge in [-0.25, -0.2) is 4.68 Å². The number of aromatic nitrogens is 4. The van der Waals surface area contributed by atoms with Crippen LogP contribution < -0.4 is 0 Å². The number of amides is 1. The normalized spacial score (nSPS) is 19.5. The van der Waals surface area contributed by atoms with Gasteiger partial charge in [0.05, 0.1) is 12.6 Å². The van der Waals surface area contributed by atoms with E-state index in [1.54, 1.807) is 4.68 Å². The summed E-state index contributed by atoms with van der Waals surface area (Å²) in [5.41, 5.74) is 2.78. The van der Waals surface area contributed by atoms with Crippen LogP contribution in [0.5, 0.6) is 0 Å². The molecule has 0 N–H and O–H groups in total. The molecule has 28 heavy (non-hydrogen) atoms. The van der Waals surface area contributed by atoms with Crippen molar-refractivity contribution in [1.82, 2.24) is 30.0 Å². The van der Waals surface area contributed by atoms with E-state index in [-0.39, 0.29) is 18.6 Å². The van der Waals surface area contributed by atoms with Crippen molar-refractivity contribution in [2.75, 3.05) is 26.2 Å². The summed E-state index contributed by atoms with van der Waals surface area (Å²) in [4.78, 5) is 17.0. The Morgan fingerprint density at radius 3 is 2.96 bits per heavy atom. The van der Waals surface area contributed by atoms with Crippen LogP contribution in [-0.2, 0) is 35.6 Å². The SMILES string of the molecule is CCN(CC1CCCO1)C(=O)Cn1nnnc1CN1CCc2ccccc2C1. The van der Waals surface area contributed by atoms with Crippen LogP contribution in [0.2, 0.25) is 0 Å². The maximum Gasteiger partial charge on any atom is 0.244 e. The summed E-state index contributed by atoms with van der Waals surface area (Å²) in [7, 11) is 0. The highest BCUT2D eigenvalue weighted by Crippen LogP contribution is 2.19. The van der Waals surface area contributed by atoms with Gasteiger partial charge in [0.25, 0.3) is 0 Å². The van der Waals surface area contributed by atoms with Gasteiger partial charge in [0.1, 0.15) is 6.54 Å². The van der Waals surface area contributed by atoms with Crippen molar-refractivity contribution in [2.24, 2.45) is 0 Å². The van der Waals surface area contributed by atoms with Crippen LogP contribution in [0.25, 0.3) is 0 Å². The lowest BCUT2D eigenvalue weighted by Gasteiger charge is -2.28. The Hall–Kier alpha value is -2.32. The van der Waals surface area contributed by atoms with Crippen molar-refractivity contribution in [3.05, 3.63) is 41.2 Å². The highest BCUT2D eigenvalue weighted by molar-refractivity contribution is 5.75. The molecule has 0 aliphatic carbocycles. The molecule has 0 saturated carbocycles. The van der Waals surface area contributed by atoms with E-state index in [1.165, 1.54) is 11.1 Å². The Morgan fingerprint density at radius 1 is 1.32 bits per heavy atom. The molecule has 0 spiro atoms. The highest BCUT2D eigenvalue weighted by atomic mass is 16.5. The van der Waals surface area contributed by atoms with Crippen LogP contribution >= 0.6 is 0 Å². The summed E-state index contributed by atoms with van der Waals surface area (Å²) in [6, 6.07) is 8.55. The molecule has 150 valence electrons. The van der Waals surface area contributed by atoms with E-state index < -0.39 is 0 Å². The van der Waals surface area contributed by atoms with E-state index in [0.717, 1.165) is 44.8 Å². The largest absolute Gasteiger partial charge is 0.376 e. The number of nitrogens with zero attached hydrogens (tertiary/aromatic N) is 6. The second-order valence-corrected chi connectivity index (χ2v) is 7.55. The van der Waals surface area contributed by atoms with E-state index in [2.05, 4.69) is 44.7 Å².